The van der Waals surface area contributed by atoms with Crippen LogP contribution in [0.25, 0.3) is 11.0 Å². The van der Waals surface area contributed by atoms with Crippen LogP contribution in [0.3, 0.4) is 0 Å². The minimum absolute atomic E-state index is 0.951. The van der Waals surface area contributed by atoms with Gasteiger partial charge in [0.1, 0.15) is 12.0 Å². The van der Waals surface area contributed by atoms with Crippen LogP contribution in [-0.4, -0.2) is 14.5 Å². The molecule has 0 saturated heterocycles. The predicted molar refractivity (Wildman–Crippen MR) is 46.2 cm³/mol. The van der Waals surface area contributed by atoms with Crippen LogP contribution in [0, 0.1) is 0 Å². The first-order valence-corrected chi connectivity index (χ1v) is 3.99. The number of halogens is 1. The summed E-state index contributed by atoms with van der Waals surface area (Å²) in [5, 5.41) is 1.06. The van der Waals surface area contributed by atoms with E-state index < -0.39 is 0 Å². The number of hydrogen-bond donors (Lipinski definition) is 0. The molecule has 11 heavy (non-hydrogen) atoms. The minimum atomic E-state index is 0.951. The van der Waals surface area contributed by atoms with Gasteiger partial charge in [0, 0.05) is 18.6 Å². The summed E-state index contributed by atoms with van der Waals surface area (Å²) in [6.07, 6.45) is 3.35. The maximum atomic E-state index is 4.12. The first kappa shape index (κ1) is 6.79. The first-order chi connectivity index (χ1) is 5.29. The molecule has 3 nitrogen and oxygen atoms in total. The van der Waals surface area contributed by atoms with Gasteiger partial charge < -0.3 is 4.57 Å². The zero-order valence-corrected chi connectivity index (χ0v) is 7.54. The number of fused-ring (bicyclic) bond motifs is 1. The molecule has 0 spiro atoms. The highest BCUT2D eigenvalue weighted by molar-refractivity contribution is 9.10. The van der Waals surface area contributed by atoms with Gasteiger partial charge in [0.2, 0.25) is 0 Å². The Bertz CT molecular complexity index is 393. The van der Waals surface area contributed by atoms with Gasteiger partial charge in [0.05, 0.1) is 4.60 Å². The molecular weight excluding hydrogens is 206 g/mol. The van der Waals surface area contributed by atoms with Crippen molar-refractivity contribution in [1.29, 1.82) is 0 Å². The molecule has 0 aromatic carbocycles. The number of nitrogens with zero attached hydrogens (tertiary/aromatic N) is 3. The molecule has 0 radical (unpaired) electrons. The van der Waals surface area contributed by atoms with Crippen LogP contribution in [0.1, 0.15) is 0 Å². The Kier molecular flexibility index (Phi) is 1.42. The molecule has 2 rings (SSSR count). The second kappa shape index (κ2) is 2.30. The Balaban J connectivity index is 2.92. The van der Waals surface area contributed by atoms with Crippen LogP contribution in [-0.2, 0) is 7.05 Å². The van der Waals surface area contributed by atoms with Crippen LogP contribution in [0.4, 0.5) is 0 Å². The Morgan fingerprint density at radius 1 is 1.55 bits per heavy atom. The molecule has 0 bridgehead atoms. The minimum Gasteiger partial charge on any atom is -0.323 e. The van der Waals surface area contributed by atoms with Crippen molar-refractivity contribution in [1.82, 2.24) is 14.5 Å². The molecule has 0 unspecified atom stereocenters. The number of aromatic nitrogens is 3. The van der Waals surface area contributed by atoms with Crippen molar-refractivity contribution < 1.29 is 0 Å². The van der Waals surface area contributed by atoms with Gasteiger partial charge in [-0.05, 0) is 22.0 Å². The quantitative estimate of drug-likeness (QED) is 0.665. The SMILES string of the molecule is Cn1c(Br)cc2cncnc21. The molecule has 2 heterocycles. The van der Waals surface area contributed by atoms with Crippen molar-refractivity contribution in [3.63, 3.8) is 0 Å². The van der Waals surface area contributed by atoms with Crippen LogP contribution in [0.15, 0.2) is 23.2 Å². The van der Waals surface area contributed by atoms with E-state index in [1.54, 1.807) is 12.5 Å². The Hall–Kier alpha value is -0.900. The van der Waals surface area contributed by atoms with Gasteiger partial charge in [-0.2, -0.15) is 0 Å². The lowest BCUT2D eigenvalue weighted by molar-refractivity contribution is 0.918. The zero-order chi connectivity index (χ0) is 7.84. The maximum absolute atomic E-state index is 4.12. The molecule has 0 aliphatic heterocycles. The number of aryl methyl sites for hydroxylation is 1. The molecule has 0 fully saturated rings. The highest BCUT2D eigenvalue weighted by atomic mass is 79.9. The van der Waals surface area contributed by atoms with Crippen molar-refractivity contribution in [2.24, 2.45) is 7.05 Å². The Labute approximate surface area is 72.2 Å². The topological polar surface area (TPSA) is 30.7 Å². The highest BCUT2D eigenvalue weighted by Gasteiger charge is 2.02. The van der Waals surface area contributed by atoms with Crippen molar-refractivity contribution in [3.05, 3.63) is 23.2 Å². The summed E-state index contributed by atoms with van der Waals surface area (Å²) in [7, 11) is 1.96. The van der Waals surface area contributed by atoms with Crippen LogP contribution in [0.2, 0.25) is 0 Å². The maximum Gasteiger partial charge on any atom is 0.143 e. The van der Waals surface area contributed by atoms with Crippen LogP contribution < -0.4 is 0 Å². The second-order valence-corrected chi connectivity index (χ2v) is 3.14. The molecule has 0 amide bonds. The third-order valence-electron chi connectivity index (χ3n) is 1.63. The van der Waals surface area contributed by atoms with E-state index in [1.807, 2.05) is 17.7 Å². The van der Waals surface area contributed by atoms with Gasteiger partial charge in [-0.15, -0.1) is 0 Å². The molecule has 0 aliphatic rings. The van der Waals surface area contributed by atoms with Crippen molar-refractivity contribution in [2.45, 2.75) is 0 Å². The van der Waals surface area contributed by atoms with E-state index in [-0.39, 0.29) is 0 Å². The fourth-order valence-corrected chi connectivity index (χ4v) is 1.46. The third kappa shape index (κ3) is 0.939. The molecule has 4 heteroatoms. The standard InChI is InChI=1S/C7H6BrN3/c1-11-6(8)2-5-3-9-4-10-7(5)11/h2-4H,1H3. The molecule has 56 valence electrons. The Morgan fingerprint density at radius 2 is 2.36 bits per heavy atom. The van der Waals surface area contributed by atoms with Crippen molar-refractivity contribution in [3.8, 4) is 0 Å². The largest absolute Gasteiger partial charge is 0.323 e. The summed E-state index contributed by atoms with van der Waals surface area (Å²) in [6.45, 7) is 0. The fraction of sp³-hybridized carbons (Fsp3) is 0.143. The van der Waals surface area contributed by atoms with Crippen molar-refractivity contribution >= 4 is 27.0 Å². The van der Waals surface area contributed by atoms with Crippen LogP contribution >= 0.6 is 15.9 Å². The van der Waals surface area contributed by atoms with Crippen LogP contribution in [0.5, 0.6) is 0 Å². The van der Waals surface area contributed by atoms with E-state index in [4.69, 9.17) is 0 Å². The predicted octanol–water partition coefficient (Wildman–Crippen LogP) is 1.73. The lowest BCUT2D eigenvalue weighted by Crippen LogP contribution is -1.89. The third-order valence-corrected chi connectivity index (χ3v) is 2.39. The Morgan fingerprint density at radius 3 is 3.09 bits per heavy atom. The summed E-state index contributed by atoms with van der Waals surface area (Å²) in [4.78, 5) is 8.05. The number of rotatable bonds is 0. The monoisotopic (exact) mass is 211 g/mol. The van der Waals surface area contributed by atoms with E-state index in [0.29, 0.717) is 0 Å². The van der Waals surface area contributed by atoms with Gasteiger partial charge in [-0.1, -0.05) is 0 Å². The van der Waals surface area contributed by atoms with Gasteiger partial charge >= 0.3 is 0 Å². The molecule has 2 aromatic rings. The molecular formula is C7H6BrN3. The molecule has 2 aromatic heterocycles. The summed E-state index contributed by atoms with van der Waals surface area (Å²) < 4.78 is 2.99. The molecule has 0 saturated carbocycles. The van der Waals surface area contributed by atoms with E-state index in [1.165, 1.54) is 0 Å². The van der Waals surface area contributed by atoms with E-state index in [2.05, 4.69) is 25.9 Å². The van der Waals surface area contributed by atoms with Gasteiger partial charge in [0.15, 0.2) is 0 Å². The van der Waals surface area contributed by atoms with Gasteiger partial charge in [0.25, 0.3) is 0 Å². The lowest BCUT2D eigenvalue weighted by atomic mass is 10.4. The average Bonchev–Trinajstić information content (AvgIpc) is 2.30. The molecule has 0 aliphatic carbocycles. The zero-order valence-electron chi connectivity index (χ0n) is 5.95. The number of hydrogen-bond acceptors (Lipinski definition) is 2. The summed E-state index contributed by atoms with van der Waals surface area (Å²) >= 11 is 3.40. The van der Waals surface area contributed by atoms with Crippen molar-refractivity contribution in [2.75, 3.05) is 0 Å². The summed E-state index contributed by atoms with van der Waals surface area (Å²) in [6, 6.07) is 2.00. The van der Waals surface area contributed by atoms with E-state index in [9.17, 15) is 0 Å². The highest BCUT2D eigenvalue weighted by Crippen LogP contribution is 2.19. The van der Waals surface area contributed by atoms with Gasteiger partial charge in [-0.3, -0.25) is 0 Å². The summed E-state index contributed by atoms with van der Waals surface area (Å²) in [5.74, 6) is 0. The molecule has 0 atom stereocenters. The normalized spacial score (nSPS) is 10.7. The lowest BCUT2D eigenvalue weighted by Gasteiger charge is -1.93. The van der Waals surface area contributed by atoms with Gasteiger partial charge in [-0.25, -0.2) is 9.97 Å². The first-order valence-electron chi connectivity index (χ1n) is 3.20. The fourth-order valence-electron chi connectivity index (χ4n) is 1.04. The molecule has 0 N–H and O–H groups in total. The van der Waals surface area contributed by atoms with E-state index >= 15 is 0 Å². The average molecular weight is 212 g/mol. The van der Waals surface area contributed by atoms with E-state index in [0.717, 1.165) is 15.6 Å². The second-order valence-electron chi connectivity index (χ2n) is 2.33. The smallest absolute Gasteiger partial charge is 0.143 e. The summed E-state index contributed by atoms with van der Waals surface area (Å²) in [5.41, 5.74) is 0.951.